The lowest BCUT2D eigenvalue weighted by Gasteiger charge is -2.11. The Hall–Kier alpha value is -2.03. The van der Waals surface area contributed by atoms with E-state index < -0.39 is 17.1 Å². The van der Waals surface area contributed by atoms with Gasteiger partial charge in [-0.2, -0.15) is 0 Å². The third-order valence-electron chi connectivity index (χ3n) is 4.38. The zero-order valence-electron chi connectivity index (χ0n) is 16.0. The fraction of sp³-hybridized carbons (Fsp3) is 0.250. The van der Waals surface area contributed by atoms with Crippen LogP contribution in [0.15, 0.2) is 33.6 Å². The van der Waals surface area contributed by atoms with Crippen molar-refractivity contribution in [2.24, 2.45) is 0 Å². The second kappa shape index (κ2) is 8.77. The van der Waals surface area contributed by atoms with E-state index in [4.69, 9.17) is 16.3 Å². The molecule has 0 saturated carbocycles. The monoisotopic (exact) mass is 496 g/mol. The second-order valence-corrected chi connectivity index (χ2v) is 8.59. The molecule has 1 aliphatic rings. The number of esters is 1. The van der Waals surface area contributed by atoms with Gasteiger partial charge in [0.05, 0.1) is 16.5 Å². The maximum absolute atomic E-state index is 12.6. The highest BCUT2D eigenvalue weighted by Gasteiger charge is 2.36. The van der Waals surface area contributed by atoms with Gasteiger partial charge in [-0.25, -0.2) is 0 Å². The summed E-state index contributed by atoms with van der Waals surface area (Å²) in [6.45, 7) is 5.35. The first-order valence-corrected chi connectivity index (χ1v) is 10.8. The molecule has 1 aromatic carbocycles. The summed E-state index contributed by atoms with van der Waals surface area (Å²) in [6, 6.07) is 7.59. The first-order chi connectivity index (χ1) is 13.7. The molecule has 1 fully saturated rings. The standard InChI is InChI=1S/C20H18BrClN2O4S/c1-4-28-18(25)10-23-19(26)17(29-20(23)27)8-13-7-11(2)24(12(13)3)14-5-6-15(21)16(22)9-14/h5-9H,4,10H2,1-3H3/b17-8+. The van der Waals surface area contributed by atoms with Crippen LogP contribution >= 0.6 is 39.3 Å². The zero-order chi connectivity index (χ0) is 21.3. The number of amides is 2. The molecule has 3 rings (SSSR count). The van der Waals surface area contributed by atoms with E-state index in [0.717, 1.165) is 43.8 Å². The quantitative estimate of drug-likeness (QED) is 0.424. The summed E-state index contributed by atoms with van der Waals surface area (Å²) in [5.74, 6) is -1.11. The van der Waals surface area contributed by atoms with Crippen LogP contribution in [0, 0.1) is 13.8 Å². The zero-order valence-corrected chi connectivity index (χ0v) is 19.2. The molecule has 1 saturated heterocycles. The molecule has 0 N–H and O–H groups in total. The van der Waals surface area contributed by atoms with Crippen LogP contribution in [0.2, 0.25) is 5.02 Å². The Morgan fingerprint density at radius 2 is 2.00 bits per heavy atom. The number of nitrogens with zero attached hydrogens (tertiary/aromatic N) is 2. The lowest BCUT2D eigenvalue weighted by Crippen LogP contribution is -2.34. The Balaban J connectivity index is 1.91. The van der Waals surface area contributed by atoms with Gasteiger partial charge in [-0.15, -0.1) is 0 Å². The number of carbonyl (C=O) groups is 3. The molecule has 1 aliphatic heterocycles. The number of aryl methyl sites for hydroxylation is 1. The minimum atomic E-state index is -0.610. The summed E-state index contributed by atoms with van der Waals surface area (Å²) in [7, 11) is 0. The number of rotatable bonds is 5. The number of halogens is 2. The van der Waals surface area contributed by atoms with Crippen LogP contribution in [0.25, 0.3) is 11.8 Å². The number of aromatic nitrogens is 1. The van der Waals surface area contributed by atoms with Crippen LogP contribution in [0.5, 0.6) is 0 Å². The highest BCUT2D eigenvalue weighted by atomic mass is 79.9. The number of thioether (sulfide) groups is 1. The normalized spacial score (nSPS) is 15.5. The first-order valence-electron chi connectivity index (χ1n) is 8.78. The minimum Gasteiger partial charge on any atom is -0.465 e. The summed E-state index contributed by atoms with van der Waals surface area (Å²) >= 11 is 10.4. The molecule has 0 bridgehead atoms. The average Bonchev–Trinajstić information content (AvgIpc) is 3.08. The number of hydrogen-bond acceptors (Lipinski definition) is 5. The molecular formula is C20H18BrClN2O4S. The highest BCUT2D eigenvalue weighted by Crippen LogP contribution is 2.34. The van der Waals surface area contributed by atoms with Crippen LogP contribution in [0.3, 0.4) is 0 Å². The van der Waals surface area contributed by atoms with E-state index in [1.807, 2.05) is 42.7 Å². The molecule has 0 spiro atoms. The predicted octanol–water partition coefficient (Wildman–Crippen LogP) is 5.11. The Morgan fingerprint density at radius 3 is 2.66 bits per heavy atom. The molecule has 0 aliphatic carbocycles. The number of benzene rings is 1. The average molecular weight is 498 g/mol. The minimum absolute atomic E-state index is 0.191. The molecule has 1 aromatic heterocycles. The molecule has 2 aromatic rings. The summed E-state index contributed by atoms with van der Waals surface area (Å²) in [5, 5.41) is 0.111. The third-order valence-corrected chi connectivity index (χ3v) is 6.52. The highest BCUT2D eigenvalue weighted by molar-refractivity contribution is 9.10. The lowest BCUT2D eigenvalue weighted by molar-refractivity contribution is -0.145. The fourth-order valence-electron chi connectivity index (χ4n) is 3.07. The van der Waals surface area contributed by atoms with Crippen molar-refractivity contribution in [2.75, 3.05) is 13.2 Å². The van der Waals surface area contributed by atoms with E-state index in [2.05, 4.69) is 15.9 Å². The maximum atomic E-state index is 12.6. The summed E-state index contributed by atoms with van der Waals surface area (Å²) in [6.07, 6.45) is 1.68. The molecule has 2 heterocycles. The van der Waals surface area contributed by atoms with E-state index in [9.17, 15) is 14.4 Å². The van der Waals surface area contributed by atoms with E-state index in [-0.39, 0.29) is 18.1 Å². The van der Waals surface area contributed by atoms with E-state index >= 15 is 0 Å². The Labute approximate surface area is 186 Å². The van der Waals surface area contributed by atoms with Gasteiger partial charge in [0.1, 0.15) is 6.54 Å². The van der Waals surface area contributed by atoms with Crippen LogP contribution in [0.1, 0.15) is 23.9 Å². The van der Waals surface area contributed by atoms with Crippen LogP contribution in [-0.2, 0) is 14.3 Å². The van der Waals surface area contributed by atoms with Gasteiger partial charge in [-0.1, -0.05) is 11.6 Å². The number of imide groups is 1. The topological polar surface area (TPSA) is 68.6 Å². The summed E-state index contributed by atoms with van der Waals surface area (Å²) in [4.78, 5) is 37.6. The van der Waals surface area contributed by atoms with E-state index in [1.54, 1.807) is 13.0 Å². The van der Waals surface area contributed by atoms with Crippen molar-refractivity contribution in [3.05, 3.63) is 55.6 Å². The van der Waals surface area contributed by atoms with Gasteiger partial charge < -0.3 is 9.30 Å². The second-order valence-electron chi connectivity index (χ2n) is 6.33. The number of carbonyl (C=O) groups excluding carboxylic acids is 3. The summed E-state index contributed by atoms with van der Waals surface area (Å²) < 4.78 is 7.66. The fourth-order valence-corrected chi connectivity index (χ4v) is 4.32. The summed E-state index contributed by atoms with van der Waals surface area (Å²) in [5.41, 5.74) is 3.56. The van der Waals surface area contributed by atoms with Crippen LogP contribution in [0.4, 0.5) is 4.79 Å². The van der Waals surface area contributed by atoms with Gasteiger partial charge in [-0.05, 0) is 84.4 Å². The largest absolute Gasteiger partial charge is 0.465 e. The van der Waals surface area contributed by atoms with Gasteiger partial charge in [0.2, 0.25) is 0 Å². The van der Waals surface area contributed by atoms with Crippen LogP contribution in [-0.4, -0.2) is 39.7 Å². The van der Waals surface area contributed by atoms with Gasteiger partial charge in [-0.3, -0.25) is 19.3 Å². The van der Waals surface area contributed by atoms with Gasteiger partial charge in [0.15, 0.2) is 0 Å². The van der Waals surface area contributed by atoms with Crippen molar-refractivity contribution in [2.45, 2.75) is 20.8 Å². The first kappa shape index (κ1) is 21.7. The van der Waals surface area contributed by atoms with Crippen LogP contribution < -0.4 is 0 Å². The Morgan fingerprint density at radius 1 is 1.28 bits per heavy atom. The molecule has 6 nitrogen and oxygen atoms in total. The number of hydrogen-bond donors (Lipinski definition) is 0. The van der Waals surface area contributed by atoms with Gasteiger partial charge in [0, 0.05) is 21.5 Å². The maximum Gasteiger partial charge on any atom is 0.326 e. The molecule has 2 amide bonds. The number of ether oxygens (including phenoxy) is 1. The molecule has 152 valence electrons. The third kappa shape index (κ3) is 4.44. The molecule has 29 heavy (non-hydrogen) atoms. The predicted molar refractivity (Wildman–Crippen MR) is 117 cm³/mol. The molecule has 0 unspecified atom stereocenters. The van der Waals surface area contributed by atoms with Crippen molar-refractivity contribution in [1.82, 2.24) is 9.47 Å². The lowest BCUT2D eigenvalue weighted by atomic mass is 10.2. The Bertz CT molecular complexity index is 1050. The smallest absolute Gasteiger partial charge is 0.326 e. The Kier molecular flexibility index (Phi) is 6.55. The van der Waals surface area contributed by atoms with E-state index in [1.165, 1.54) is 0 Å². The van der Waals surface area contributed by atoms with Crippen molar-refractivity contribution in [3.8, 4) is 5.69 Å². The van der Waals surface area contributed by atoms with Crippen molar-refractivity contribution < 1.29 is 19.1 Å². The molecule has 0 atom stereocenters. The van der Waals surface area contributed by atoms with Crippen molar-refractivity contribution in [1.29, 1.82) is 0 Å². The van der Waals surface area contributed by atoms with Crippen molar-refractivity contribution in [3.63, 3.8) is 0 Å². The van der Waals surface area contributed by atoms with Gasteiger partial charge >= 0.3 is 5.97 Å². The van der Waals surface area contributed by atoms with Crippen molar-refractivity contribution >= 4 is 62.5 Å². The van der Waals surface area contributed by atoms with Gasteiger partial charge in [0.25, 0.3) is 11.1 Å². The van der Waals surface area contributed by atoms with E-state index in [0.29, 0.717) is 5.02 Å². The molecular weight excluding hydrogens is 480 g/mol. The molecule has 0 radical (unpaired) electrons. The molecule has 9 heteroatoms. The SMILES string of the molecule is CCOC(=O)CN1C(=O)S/C(=C/c2cc(C)n(-c3ccc(Br)c(Cl)c3)c2C)C1=O.